The zero-order valence-corrected chi connectivity index (χ0v) is 11.4. The number of carbonyl (C=O) groups is 1. The van der Waals surface area contributed by atoms with Gasteiger partial charge in [0.2, 0.25) is 0 Å². The van der Waals surface area contributed by atoms with Crippen LogP contribution < -0.4 is 0 Å². The molecule has 0 saturated heterocycles. The molecule has 2 aromatic rings. The molecule has 1 aromatic heterocycles. The van der Waals surface area contributed by atoms with Gasteiger partial charge in [0.1, 0.15) is 5.01 Å². The molecule has 0 aliphatic rings. The largest absolute Gasteiger partial charge is 0.476 e. The number of carboxylic acids is 1. The first-order valence-electron chi connectivity index (χ1n) is 5.80. The van der Waals surface area contributed by atoms with Crippen LogP contribution in [-0.2, 0) is 0 Å². The second kappa shape index (κ2) is 4.90. The molecule has 0 spiro atoms. The number of hydrogen-bond donors (Lipinski definition) is 1. The number of rotatable bonds is 3. The number of nitrogens with zero attached hydrogens (tertiary/aromatic N) is 1. The van der Waals surface area contributed by atoms with E-state index >= 15 is 0 Å². The quantitative estimate of drug-likeness (QED) is 0.910. The lowest BCUT2D eigenvalue weighted by atomic mass is 10.0. The Hall–Kier alpha value is -1.68. The lowest BCUT2D eigenvalue weighted by molar-refractivity contribution is 0.0690. The van der Waals surface area contributed by atoms with E-state index in [9.17, 15) is 4.79 Å². The highest BCUT2D eigenvalue weighted by Crippen LogP contribution is 2.28. The van der Waals surface area contributed by atoms with Crippen LogP contribution in [0.4, 0.5) is 0 Å². The third kappa shape index (κ3) is 2.43. The van der Waals surface area contributed by atoms with Gasteiger partial charge >= 0.3 is 5.97 Å². The smallest absolute Gasteiger partial charge is 0.355 e. The molecule has 0 atom stereocenters. The Bertz CT molecular complexity index is 570. The summed E-state index contributed by atoms with van der Waals surface area (Å²) in [6.45, 7) is 6.07. The molecular weight excluding hydrogens is 246 g/mol. The van der Waals surface area contributed by atoms with Gasteiger partial charge in [0.15, 0.2) is 5.69 Å². The van der Waals surface area contributed by atoms with Gasteiger partial charge in [-0.25, -0.2) is 9.78 Å². The summed E-state index contributed by atoms with van der Waals surface area (Å²) in [5.41, 5.74) is 2.40. The second-order valence-electron chi connectivity index (χ2n) is 4.51. The number of hydrogen-bond acceptors (Lipinski definition) is 3. The first-order chi connectivity index (χ1) is 8.49. The van der Waals surface area contributed by atoms with Gasteiger partial charge < -0.3 is 5.11 Å². The number of aromatic nitrogens is 1. The van der Waals surface area contributed by atoms with Crippen molar-refractivity contribution in [1.82, 2.24) is 4.98 Å². The molecule has 0 bridgehead atoms. The normalized spacial score (nSPS) is 10.9. The monoisotopic (exact) mass is 261 g/mol. The third-order valence-corrected chi connectivity index (χ3v) is 3.84. The Kier molecular flexibility index (Phi) is 3.48. The molecule has 0 aliphatic heterocycles. The van der Waals surface area contributed by atoms with E-state index in [0.29, 0.717) is 5.92 Å². The molecular formula is C14H15NO2S. The molecule has 1 aromatic carbocycles. The van der Waals surface area contributed by atoms with Gasteiger partial charge in [-0.15, -0.1) is 11.3 Å². The SMILES string of the molecule is Cc1sc(-c2ccc(C(C)C)cc2)nc1C(=O)O. The maximum absolute atomic E-state index is 11.0. The van der Waals surface area contributed by atoms with Crippen molar-refractivity contribution >= 4 is 17.3 Å². The lowest BCUT2D eigenvalue weighted by Crippen LogP contribution is -1.98. The van der Waals surface area contributed by atoms with E-state index in [1.807, 2.05) is 12.1 Å². The second-order valence-corrected chi connectivity index (χ2v) is 5.71. The van der Waals surface area contributed by atoms with Gasteiger partial charge in [-0.05, 0) is 18.4 Å². The van der Waals surface area contributed by atoms with E-state index in [-0.39, 0.29) is 5.69 Å². The summed E-state index contributed by atoms with van der Waals surface area (Å²) in [6, 6.07) is 8.13. The van der Waals surface area contributed by atoms with Crippen molar-refractivity contribution in [2.45, 2.75) is 26.7 Å². The van der Waals surface area contributed by atoms with Crippen LogP contribution in [-0.4, -0.2) is 16.1 Å². The zero-order valence-electron chi connectivity index (χ0n) is 10.6. The molecule has 0 radical (unpaired) electrons. The minimum atomic E-state index is -0.964. The third-order valence-electron chi connectivity index (χ3n) is 2.82. The van der Waals surface area contributed by atoms with E-state index in [4.69, 9.17) is 5.11 Å². The molecule has 18 heavy (non-hydrogen) atoms. The van der Waals surface area contributed by atoms with Crippen LogP contribution in [0, 0.1) is 6.92 Å². The summed E-state index contributed by atoms with van der Waals surface area (Å²) in [4.78, 5) is 15.9. The van der Waals surface area contributed by atoms with Crippen molar-refractivity contribution in [2.24, 2.45) is 0 Å². The van der Waals surface area contributed by atoms with Crippen molar-refractivity contribution in [3.8, 4) is 10.6 Å². The maximum atomic E-state index is 11.0. The number of aryl methyl sites for hydroxylation is 1. The van der Waals surface area contributed by atoms with Crippen molar-refractivity contribution in [3.63, 3.8) is 0 Å². The van der Waals surface area contributed by atoms with E-state index in [2.05, 4.69) is 31.0 Å². The van der Waals surface area contributed by atoms with Crippen LogP contribution in [0.1, 0.15) is 40.7 Å². The number of carboxylic acid groups (broad SMARTS) is 1. The molecule has 2 rings (SSSR count). The highest BCUT2D eigenvalue weighted by Gasteiger charge is 2.15. The number of benzene rings is 1. The number of thiazole rings is 1. The molecule has 0 saturated carbocycles. The van der Waals surface area contributed by atoms with Crippen LogP contribution in [0.25, 0.3) is 10.6 Å². The van der Waals surface area contributed by atoms with Gasteiger partial charge in [-0.1, -0.05) is 38.1 Å². The Morgan fingerprint density at radius 1 is 1.28 bits per heavy atom. The minimum absolute atomic E-state index is 0.155. The highest BCUT2D eigenvalue weighted by molar-refractivity contribution is 7.15. The summed E-state index contributed by atoms with van der Waals surface area (Å²) in [6.07, 6.45) is 0. The first kappa shape index (κ1) is 12.8. The van der Waals surface area contributed by atoms with E-state index in [0.717, 1.165) is 15.4 Å². The molecule has 0 aliphatic carbocycles. The fraction of sp³-hybridized carbons (Fsp3) is 0.286. The van der Waals surface area contributed by atoms with Crippen molar-refractivity contribution in [2.75, 3.05) is 0 Å². The summed E-state index contributed by atoms with van der Waals surface area (Å²) in [5.74, 6) is -0.472. The fourth-order valence-electron chi connectivity index (χ4n) is 1.73. The lowest BCUT2D eigenvalue weighted by Gasteiger charge is -2.05. The average molecular weight is 261 g/mol. The molecule has 3 nitrogen and oxygen atoms in total. The maximum Gasteiger partial charge on any atom is 0.355 e. The van der Waals surface area contributed by atoms with E-state index < -0.39 is 5.97 Å². The molecule has 0 fully saturated rings. The molecule has 94 valence electrons. The van der Waals surface area contributed by atoms with Crippen molar-refractivity contribution in [3.05, 3.63) is 40.4 Å². The Labute approximate surface area is 110 Å². The fourth-order valence-corrected chi connectivity index (χ4v) is 2.64. The molecule has 4 heteroatoms. The molecule has 1 N–H and O–H groups in total. The van der Waals surface area contributed by atoms with Crippen LogP contribution in [0.15, 0.2) is 24.3 Å². The molecule has 1 heterocycles. The van der Waals surface area contributed by atoms with Crippen LogP contribution in [0.3, 0.4) is 0 Å². The predicted molar refractivity (Wildman–Crippen MR) is 73.3 cm³/mol. The summed E-state index contributed by atoms with van der Waals surface area (Å²) >= 11 is 1.42. The van der Waals surface area contributed by atoms with Gasteiger partial charge in [0.25, 0.3) is 0 Å². The highest BCUT2D eigenvalue weighted by atomic mass is 32.1. The van der Waals surface area contributed by atoms with Crippen LogP contribution in [0.5, 0.6) is 0 Å². The van der Waals surface area contributed by atoms with Crippen molar-refractivity contribution < 1.29 is 9.90 Å². The van der Waals surface area contributed by atoms with Gasteiger partial charge in [-0.3, -0.25) is 0 Å². The average Bonchev–Trinajstić information content (AvgIpc) is 2.71. The van der Waals surface area contributed by atoms with Crippen LogP contribution >= 0.6 is 11.3 Å². The first-order valence-corrected chi connectivity index (χ1v) is 6.61. The number of aromatic carboxylic acids is 1. The Morgan fingerprint density at radius 3 is 2.33 bits per heavy atom. The zero-order chi connectivity index (χ0) is 13.3. The van der Waals surface area contributed by atoms with Crippen LogP contribution in [0.2, 0.25) is 0 Å². The standard InChI is InChI=1S/C14H15NO2S/c1-8(2)10-4-6-11(7-5-10)13-15-12(14(16)17)9(3)18-13/h4-8H,1-3H3,(H,16,17). The molecule has 0 amide bonds. The summed E-state index contributed by atoms with van der Waals surface area (Å²) in [5, 5.41) is 9.75. The van der Waals surface area contributed by atoms with E-state index in [1.54, 1.807) is 6.92 Å². The molecule has 0 unspecified atom stereocenters. The van der Waals surface area contributed by atoms with Gasteiger partial charge in [-0.2, -0.15) is 0 Å². The minimum Gasteiger partial charge on any atom is -0.476 e. The topological polar surface area (TPSA) is 50.2 Å². The Balaban J connectivity index is 2.37. The predicted octanol–water partition coefficient (Wildman–Crippen LogP) is 3.94. The van der Waals surface area contributed by atoms with Crippen molar-refractivity contribution in [1.29, 1.82) is 0 Å². The van der Waals surface area contributed by atoms with E-state index in [1.165, 1.54) is 16.9 Å². The Morgan fingerprint density at radius 2 is 1.89 bits per heavy atom. The van der Waals surface area contributed by atoms with Gasteiger partial charge in [0, 0.05) is 10.4 Å². The van der Waals surface area contributed by atoms with Gasteiger partial charge in [0.05, 0.1) is 0 Å². The summed E-state index contributed by atoms with van der Waals surface area (Å²) in [7, 11) is 0. The summed E-state index contributed by atoms with van der Waals surface area (Å²) < 4.78 is 0.